The van der Waals surface area contributed by atoms with Gasteiger partial charge < -0.3 is 15.3 Å². The van der Waals surface area contributed by atoms with Gasteiger partial charge in [-0.05, 0) is 22.6 Å². The quantitative estimate of drug-likeness (QED) is 0.310. The van der Waals surface area contributed by atoms with E-state index < -0.39 is 0 Å². The number of hydrogen-bond acceptors (Lipinski definition) is 6. The van der Waals surface area contributed by atoms with E-state index in [0.29, 0.717) is 19.6 Å². The van der Waals surface area contributed by atoms with Crippen LogP contribution in [-0.2, 0) is 0 Å². The van der Waals surface area contributed by atoms with Crippen LogP contribution < -0.4 is 0 Å². The molecular formula is C9H20IN3O3. The van der Waals surface area contributed by atoms with E-state index in [1.165, 1.54) is 0 Å². The maximum absolute atomic E-state index is 8.99. The summed E-state index contributed by atoms with van der Waals surface area (Å²) in [6, 6.07) is 0. The first-order valence-corrected chi connectivity index (χ1v) is 6.64. The van der Waals surface area contributed by atoms with Crippen molar-refractivity contribution in [3.05, 3.63) is 0 Å². The predicted molar refractivity (Wildman–Crippen MR) is 68.9 cm³/mol. The van der Waals surface area contributed by atoms with Crippen LogP contribution in [-0.4, -0.2) is 87.0 Å². The third-order valence-corrected chi connectivity index (χ3v) is 4.13. The van der Waals surface area contributed by atoms with Crippen molar-refractivity contribution in [2.24, 2.45) is 0 Å². The van der Waals surface area contributed by atoms with Gasteiger partial charge in [-0.1, -0.05) is 0 Å². The Morgan fingerprint density at radius 1 is 0.875 bits per heavy atom. The van der Waals surface area contributed by atoms with Gasteiger partial charge in [0, 0.05) is 19.6 Å². The summed E-state index contributed by atoms with van der Waals surface area (Å²) in [7, 11) is 0. The molecule has 6 nitrogen and oxygen atoms in total. The minimum atomic E-state index is 0.124. The lowest BCUT2D eigenvalue weighted by Gasteiger charge is -2.45. The summed E-state index contributed by atoms with van der Waals surface area (Å²) in [6.45, 7) is 3.71. The molecule has 3 N–H and O–H groups in total. The fourth-order valence-electron chi connectivity index (χ4n) is 1.82. The molecule has 0 unspecified atom stereocenters. The van der Waals surface area contributed by atoms with Crippen molar-refractivity contribution in [2.75, 3.05) is 52.8 Å². The first-order chi connectivity index (χ1) is 7.72. The highest BCUT2D eigenvalue weighted by molar-refractivity contribution is 14.1. The van der Waals surface area contributed by atoms with Gasteiger partial charge in [-0.2, -0.15) is 0 Å². The van der Waals surface area contributed by atoms with Crippen LogP contribution in [0.5, 0.6) is 0 Å². The van der Waals surface area contributed by atoms with E-state index in [-0.39, 0.29) is 24.0 Å². The summed E-state index contributed by atoms with van der Waals surface area (Å²) in [6.07, 6.45) is 0. The minimum absolute atomic E-state index is 0.124. The largest absolute Gasteiger partial charge is 0.395 e. The Kier molecular flexibility index (Phi) is 7.04. The number of aliphatic hydroxyl groups excluding tert-OH is 3. The molecule has 0 aromatic heterocycles. The van der Waals surface area contributed by atoms with E-state index >= 15 is 0 Å². The van der Waals surface area contributed by atoms with Crippen LogP contribution in [0.25, 0.3) is 0 Å². The van der Waals surface area contributed by atoms with Gasteiger partial charge in [0.2, 0.25) is 0 Å². The molecule has 96 valence electrons. The van der Waals surface area contributed by atoms with Gasteiger partial charge in [-0.3, -0.25) is 14.7 Å². The molecule has 1 heterocycles. The molecule has 0 saturated carbocycles. The molecule has 0 atom stereocenters. The van der Waals surface area contributed by atoms with Crippen LogP contribution in [0.2, 0.25) is 0 Å². The summed E-state index contributed by atoms with van der Waals surface area (Å²) >= 11 is 2.31. The van der Waals surface area contributed by atoms with Crippen LogP contribution in [0, 0.1) is 0 Å². The molecule has 1 fully saturated rings. The molecule has 16 heavy (non-hydrogen) atoms. The van der Waals surface area contributed by atoms with Crippen molar-refractivity contribution in [3.63, 3.8) is 0 Å². The summed E-state index contributed by atoms with van der Waals surface area (Å²) < 4.78 is 0.187. The second-order valence-electron chi connectivity index (χ2n) is 3.78. The Morgan fingerprint density at radius 2 is 1.31 bits per heavy atom. The van der Waals surface area contributed by atoms with Crippen molar-refractivity contribution < 1.29 is 15.3 Å². The van der Waals surface area contributed by atoms with E-state index in [4.69, 9.17) is 15.3 Å². The average Bonchev–Trinajstić information content (AvgIpc) is 2.26. The van der Waals surface area contributed by atoms with E-state index in [9.17, 15) is 0 Å². The van der Waals surface area contributed by atoms with Gasteiger partial charge in [-0.25, -0.2) is 0 Å². The molecular weight excluding hydrogens is 325 g/mol. The summed E-state index contributed by atoms with van der Waals surface area (Å²) in [4.78, 5) is 6.34. The van der Waals surface area contributed by atoms with Crippen LogP contribution in [0.4, 0.5) is 0 Å². The highest BCUT2D eigenvalue weighted by Gasteiger charge is 2.29. The molecule has 1 aliphatic heterocycles. The molecule has 7 heteroatoms. The molecule has 0 bridgehead atoms. The Bertz CT molecular complexity index is 183. The van der Waals surface area contributed by atoms with Crippen LogP contribution >= 0.6 is 22.6 Å². The first kappa shape index (κ1) is 14.6. The van der Waals surface area contributed by atoms with Gasteiger partial charge in [0.1, 0.15) is 4.17 Å². The Hall–Kier alpha value is 0.490. The highest BCUT2D eigenvalue weighted by atomic mass is 127. The van der Waals surface area contributed by atoms with Gasteiger partial charge in [0.15, 0.2) is 0 Å². The molecule has 0 radical (unpaired) electrons. The fraction of sp³-hybridized carbons (Fsp3) is 1.00. The van der Waals surface area contributed by atoms with Crippen molar-refractivity contribution >= 4 is 22.6 Å². The third-order valence-electron chi connectivity index (χ3n) is 2.56. The number of nitrogens with zero attached hydrogens (tertiary/aromatic N) is 3. The van der Waals surface area contributed by atoms with Crippen LogP contribution in [0.15, 0.2) is 0 Å². The highest BCUT2D eigenvalue weighted by Crippen LogP contribution is 2.19. The smallest absolute Gasteiger partial charge is 0.118 e. The van der Waals surface area contributed by atoms with Crippen LogP contribution in [0.3, 0.4) is 0 Å². The normalized spacial score (nSPS) is 21.8. The molecule has 0 aromatic carbocycles. The van der Waals surface area contributed by atoms with E-state index in [1.807, 2.05) is 0 Å². The zero-order valence-electron chi connectivity index (χ0n) is 9.30. The van der Waals surface area contributed by atoms with Gasteiger partial charge in [0.05, 0.1) is 33.2 Å². The molecule has 1 aliphatic rings. The fourth-order valence-corrected chi connectivity index (χ4v) is 2.73. The standard InChI is InChI=1S/C9H20IN3O3/c10-9-12(2-5-15)7-11(1-4-14)8-13(9)3-6-16/h9,14-16H,1-8H2. The molecule has 0 aromatic rings. The zero-order valence-corrected chi connectivity index (χ0v) is 11.5. The number of alkyl halides is 1. The monoisotopic (exact) mass is 345 g/mol. The molecule has 1 rings (SSSR count). The second kappa shape index (κ2) is 7.75. The lowest BCUT2D eigenvalue weighted by Crippen LogP contribution is -2.60. The topological polar surface area (TPSA) is 70.4 Å². The predicted octanol–water partition coefficient (Wildman–Crippen LogP) is -1.48. The Morgan fingerprint density at radius 3 is 1.69 bits per heavy atom. The average molecular weight is 345 g/mol. The van der Waals surface area contributed by atoms with Gasteiger partial charge in [0.25, 0.3) is 0 Å². The number of rotatable bonds is 6. The maximum atomic E-state index is 8.99. The Balaban J connectivity index is 2.56. The number of aliphatic hydroxyl groups is 3. The first-order valence-electron chi connectivity index (χ1n) is 5.40. The number of halogens is 1. The maximum Gasteiger partial charge on any atom is 0.118 e. The van der Waals surface area contributed by atoms with Crippen molar-refractivity contribution in [2.45, 2.75) is 4.17 Å². The van der Waals surface area contributed by atoms with Crippen LogP contribution in [0.1, 0.15) is 0 Å². The van der Waals surface area contributed by atoms with Gasteiger partial charge >= 0.3 is 0 Å². The lowest BCUT2D eigenvalue weighted by molar-refractivity contribution is -0.0535. The van der Waals surface area contributed by atoms with E-state index in [0.717, 1.165) is 13.3 Å². The van der Waals surface area contributed by atoms with Crippen molar-refractivity contribution in [1.82, 2.24) is 14.7 Å². The van der Waals surface area contributed by atoms with Crippen molar-refractivity contribution in [3.8, 4) is 0 Å². The molecule has 0 spiro atoms. The SMILES string of the molecule is OCCN1CN(CCO)C(I)N(CCO)C1. The lowest BCUT2D eigenvalue weighted by atomic mass is 10.4. The molecule has 0 amide bonds. The number of hydrogen-bond donors (Lipinski definition) is 3. The zero-order chi connectivity index (χ0) is 12.0. The molecule has 1 saturated heterocycles. The minimum Gasteiger partial charge on any atom is -0.395 e. The third kappa shape index (κ3) is 4.06. The summed E-state index contributed by atoms with van der Waals surface area (Å²) in [5.41, 5.74) is 0. The Labute approximate surface area is 110 Å². The molecule has 0 aliphatic carbocycles. The second-order valence-corrected chi connectivity index (χ2v) is 4.90. The van der Waals surface area contributed by atoms with E-state index in [2.05, 4.69) is 37.3 Å². The summed E-state index contributed by atoms with van der Waals surface area (Å²) in [5, 5.41) is 26.9. The van der Waals surface area contributed by atoms with Crippen molar-refractivity contribution in [1.29, 1.82) is 0 Å². The number of β-amino-alcohol motifs (C(OH)–C–C–N with tert-alkyl or cyclic N) is 3. The van der Waals surface area contributed by atoms with E-state index in [1.54, 1.807) is 0 Å². The van der Waals surface area contributed by atoms with Gasteiger partial charge in [-0.15, -0.1) is 0 Å². The summed E-state index contributed by atoms with van der Waals surface area (Å²) in [5.74, 6) is 0.